The van der Waals surface area contributed by atoms with Gasteiger partial charge in [0.15, 0.2) is 0 Å². The van der Waals surface area contributed by atoms with E-state index in [4.69, 9.17) is 0 Å². The molecule has 0 aliphatic heterocycles. The molecule has 0 amide bonds. The molecule has 0 heterocycles. The summed E-state index contributed by atoms with van der Waals surface area (Å²) in [5.41, 5.74) is 0.952. The summed E-state index contributed by atoms with van der Waals surface area (Å²) in [4.78, 5) is 10.7. The monoisotopic (exact) mass is 218 g/mol. The maximum absolute atomic E-state index is 10.7. The summed E-state index contributed by atoms with van der Waals surface area (Å²) < 4.78 is 0. The van der Waals surface area contributed by atoms with Crippen LogP contribution in [0.2, 0.25) is 0 Å². The first-order valence-electron chi connectivity index (χ1n) is 5.51. The molecule has 0 N–H and O–H groups in total. The molecule has 3 aromatic rings. The Morgan fingerprint density at radius 2 is 1.35 bits per heavy atom. The number of rotatable bonds is 1. The van der Waals surface area contributed by atoms with Crippen LogP contribution in [0.15, 0.2) is 54.6 Å². The lowest BCUT2D eigenvalue weighted by Gasteiger charge is -2.06. The fourth-order valence-corrected chi connectivity index (χ4v) is 2.26. The first kappa shape index (κ1) is 9.83. The largest absolute Gasteiger partial charge is 0.233 e. The third kappa shape index (κ3) is 1.54. The van der Waals surface area contributed by atoms with Gasteiger partial charge in [-0.3, -0.25) is 0 Å². The maximum Gasteiger partial charge on any atom is 0.125 e. The SMILES string of the molecule is O=C=Cc1c2ccccc2cc2ccccc12. The highest BCUT2D eigenvalue weighted by atomic mass is 16.1. The van der Waals surface area contributed by atoms with Crippen molar-refractivity contribution in [2.75, 3.05) is 0 Å². The summed E-state index contributed by atoms with van der Waals surface area (Å²) in [7, 11) is 0. The lowest BCUT2D eigenvalue weighted by atomic mass is 9.97. The van der Waals surface area contributed by atoms with Crippen molar-refractivity contribution in [3.63, 3.8) is 0 Å². The summed E-state index contributed by atoms with van der Waals surface area (Å²) in [6, 6.07) is 18.3. The van der Waals surface area contributed by atoms with E-state index in [2.05, 4.69) is 18.2 Å². The van der Waals surface area contributed by atoms with E-state index in [1.165, 1.54) is 6.08 Å². The lowest BCUT2D eigenvalue weighted by Crippen LogP contribution is -1.83. The van der Waals surface area contributed by atoms with Crippen molar-refractivity contribution in [1.82, 2.24) is 0 Å². The smallest absolute Gasteiger partial charge is 0.125 e. The maximum atomic E-state index is 10.7. The topological polar surface area (TPSA) is 17.1 Å². The molecule has 0 saturated heterocycles. The summed E-state index contributed by atoms with van der Waals surface area (Å²) in [6.45, 7) is 0. The molecule has 0 saturated carbocycles. The van der Waals surface area contributed by atoms with Crippen LogP contribution >= 0.6 is 0 Å². The molecule has 1 heteroatoms. The molecule has 0 spiro atoms. The van der Waals surface area contributed by atoms with E-state index in [0.29, 0.717) is 0 Å². The van der Waals surface area contributed by atoms with Gasteiger partial charge in [-0.25, -0.2) is 4.79 Å². The third-order valence-corrected chi connectivity index (χ3v) is 3.02. The van der Waals surface area contributed by atoms with Crippen molar-refractivity contribution in [2.45, 2.75) is 0 Å². The standard InChI is InChI=1S/C16H10O/c17-10-9-16-14-7-3-1-5-12(14)11-13-6-2-4-8-15(13)16/h1-9,11H. The Hall–Kier alpha value is -2.37. The normalized spacial score (nSPS) is 10.4. The molecule has 80 valence electrons. The Bertz CT molecular complexity index is 696. The van der Waals surface area contributed by atoms with E-state index in [-0.39, 0.29) is 0 Å². The molecule has 17 heavy (non-hydrogen) atoms. The van der Waals surface area contributed by atoms with Crippen LogP contribution in [-0.4, -0.2) is 5.94 Å². The Morgan fingerprint density at radius 3 is 1.88 bits per heavy atom. The van der Waals surface area contributed by atoms with Crippen LogP contribution in [0.5, 0.6) is 0 Å². The van der Waals surface area contributed by atoms with E-state index in [1.54, 1.807) is 0 Å². The van der Waals surface area contributed by atoms with Gasteiger partial charge in [0, 0.05) is 11.6 Å². The first-order chi connectivity index (χ1) is 8.40. The molecule has 0 atom stereocenters. The van der Waals surface area contributed by atoms with Crippen molar-refractivity contribution >= 4 is 33.6 Å². The first-order valence-corrected chi connectivity index (χ1v) is 5.51. The fourth-order valence-electron chi connectivity index (χ4n) is 2.26. The van der Waals surface area contributed by atoms with Gasteiger partial charge in [0.25, 0.3) is 0 Å². The van der Waals surface area contributed by atoms with Gasteiger partial charge in [-0.05, 0) is 27.6 Å². The summed E-state index contributed by atoms with van der Waals surface area (Å²) in [6.07, 6.45) is 1.52. The van der Waals surface area contributed by atoms with Crippen LogP contribution in [0.4, 0.5) is 0 Å². The second-order valence-electron chi connectivity index (χ2n) is 3.99. The molecule has 1 nitrogen and oxygen atoms in total. The van der Waals surface area contributed by atoms with Crippen LogP contribution in [0.25, 0.3) is 27.6 Å². The fraction of sp³-hybridized carbons (Fsp3) is 0. The molecule has 0 aliphatic carbocycles. The molecule has 0 unspecified atom stereocenters. The van der Waals surface area contributed by atoms with E-state index >= 15 is 0 Å². The van der Waals surface area contributed by atoms with E-state index < -0.39 is 0 Å². The van der Waals surface area contributed by atoms with Gasteiger partial charge in [0.05, 0.1) is 0 Å². The van der Waals surface area contributed by atoms with Gasteiger partial charge in [-0.1, -0.05) is 48.5 Å². The highest BCUT2D eigenvalue weighted by molar-refractivity contribution is 6.08. The third-order valence-electron chi connectivity index (χ3n) is 3.02. The zero-order valence-corrected chi connectivity index (χ0v) is 9.18. The van der Waals surface area contributed by atoms with Crippen molar-refractivity contribution in [3.8, 4) is 0 Å². The van der Waals surface area contributed by atoms with Crippen molar-refractivity contribution in [2.24, 2.45) is 0 Å². The van der Waals surface area contributed by atoms with Gasteiger partial charge in [0.1, 0.15) is 5.94 Å². The summed E-state index contributed by atoms with van der Waals surface area (Å²) >= 11 is 0. The van der Waals surface area contributed by atoms with Gasteiger partial charge >= 0.3 is 0 Å². The number of hydrogen-bond donors (Lipinski definition) is 0. The summed E-state index contributed by atoms with van der Waals surface area (Å²) in [5, 5.41) is 4.48. The van der Waals surface area contributed by atoms with Crippen LogP contribution in [0.3, 0.4) is 0 Å². The minimum atomic E-state index is 0.952. The predicted octanol–water partition coefficient (Wildman–Crippen LogP) is 3.84. The molecule has 0 bridgehead atoms. The number of fused-ring (bicyclic) bond motifs is 2. The second kappa shape index (κ2) is 3.89. The van der Waals surface area contributed by atoms with Crippen molar-refractivity contribution in [1.29, 1.82) is 0 Å². The van der Waals surface area contributed by atoms with Gasteiger partial charge in [-0.2, -0.15) is 0 Å². The molecule has 0 aliphatic rings. The zero-order valence-electron chi connectivity index (χ0n) is 9.18. The average molecular weight is 218 g/mol. The van der Waals surface area contributed by atoms with Crippen molar-refractivity contribution in [3.05, 3.63) is 60.2 Å². The summed E-state index contributed by atoms with van der Waals surface area (Å²) in [5.74, 6) is 1.89. The van der Waals surface area contributed by atoms with Crippen LogP contribution < -0.4 is 0 Å². The Balaban J connectivity index is 2.60. The second-order valence-corrected chi connectivity index (χ2v) is 3.99. The van der Waals surface area contributed by atoms with Gasteiger partial charge in [0.2, 0.25) is 0 Å². The highest BCUT2D eigenvalue weighted by Crippen LogP contribution is 2.28. The van der Waals surface area contributed by atoms with Gasteiger partial charge in [-0.15, -0.1) is 0 Å². The molecular formula is C16H10O. The minimum absolute atomic E-state index is 0.952. The predicted molar refractivity (Wildman–Crippen MR) is 71.6 cm³/mol. The number of hydrogen-bond acceptors (Lipinski definition) is 1. The molecule has 0 aromatic heterocycles. The van der Waals surface area contributed by atoms with Crippen LogP contribution in [0.1, 0.15) is 5.56 Å². The molecular weight excluding hydrogens is 208 g/mol. The molecule has 0 fully saturated rings. The average Bonchev–Trinajstić information content (AvgIpc) is 2.39. The van der Waals surface area contributed by atoms with E-state index in [0.717, 1.165) is 27.1 Å². The van der Waals surface area contributed by atoms with E-state index in [9.17, 15) is 4.79 Å². The number of benzene rings is 3. The molecule has 0 radical (unpaired) electrons. The minimum Gasteiger partial charge on any atom is -0.233 e. The molecule has 3 aromatic carbocycles. The lowest BCUT2D eigenvalue weighted by molar-refractivity contribution is 0.570. The highest BCUT2D eigenvalue weighted by Gasteiger charge is 2.04. The Morgan fingerprint density at radius 1 is 0.824 bits per heavy atom. The quantitative estimate of drug-likeness (QED) is 0.448. The van der Waals surface area contributed by atoms with Crippen LogP contribution in [0, 0.1) is 0 Å². The Kier molecular flexibility index (Phi) is 2.25. The number of carbonyl (C=O) groups excluding carboxylic acids is 1. The van der Waals surface area contributed by atoms with Gasteiger partial charge < -0.3 is 0 Å². The van der Waals surface area contributed by atoms with Crippen LogP contribution in [-0.2, 0) is 4.79 Å². The van der Waals surface area contributed by atoms with Crippen molar-refractivity contribution < 1.29 is 4.79 Å². The molecule has 3 rings (SSSR count). The van der Waals surface area contributed by atoms with E-state index in [1.807, 2.05) is 42.3 Å². The Labute approximate surface area is 99.0 Å². The zero-order chi connectivity index (χ0) is 11.7.